The Balaban J connectivity index is 1.61. The molecule has 0 unspecified atom stereocenters. The quantitative estimate of drug-likeness (QED) is 0.695. The van der Waals surface area contributed by atoms with Gasteiger partial charge in [0.1, 0.15) is 5.75 Å². The fraction of sp³-hybridized carbons (Fsp3) is 0.312. The maximum Gasteiger partial charge on any atom is 0.239 e. The van der Waals surface area contributed by atoms with E-state index in [0.29, 0.717) is 17.5 Å². The van der Waals surface area contributed by atoms with Gasteiger partial charge in [0.25, 0.3) is 0 Å². The van der Waals surface area contributed by atoms with E-state index in [2.05, 4.69) is 15.2 Å². The molecule has 0 saturated heterocycles. The molecule has 120 valence electrons. The lowest BCUT2D eigenvalue weighted by molar-refractivity contribution is 0.382. The minimum Gasteiger partial charge on any atom is -0.338 e. The first-order valence-corrected chi connectivity index (χ1v) is 8.87. The van der Waals surface area contributed by atoms with Crippen LogP contribution < -0.4 is 0 Å². The van der Waals surface area contributed by atoms with Crippen molar-refractivity contribution in [3.8, 4) is 5.69 Å². The molecule has 7 heteroatoms. The van der Waals surface area contributed by atoms with E-state index < -0.39 is 10.8 Å². The van der Waals surface area contributed by atoms with Gasteiger partial charge < -0.3 is 4.52 Å². The minimum absolute atomic E-state index is 0.204. The molecule has 0 amide bonds. The second-order valence-corrected chi connectivity index (χ2v) is 7.00. The number of nitrogens with zero attached hydrogens (tertiary/aromatic N) is 4. The molecule has 0 fully saturated rings. The summed E-state index contributed by atoms with van der Waals surface area (Å²) in [6, 6.07) is 9.72. The summed E-state index contributed by atoms with van der Waals surface area (Å²) < 4.78 is 19.2. The van der Waals surface area contributed by atoms with E-state index in [1.54, 1.807) is 10.9 Å². The summed E-state index contributed by atoms with van der Waals surface area (Å²) in [5, 5.41) is 8.06. The first-order chi connectivity index (χ1) is 11.1. The largest absolute Gasteiger partial charge is 0.338 e. The molecular formula is C16H18N4O2S. The predicted octanol–water partition coefficient (Wildman–Crippen LogP) is 2.83. The molecule has 0 radical (unpaired) electrons. The summed E-state index contributed by atoms with van der Waals surface area (Å²) in [6.07, 6.45) is 3.62. The van der Waals surface area contributed by atoms with Gasteiger partial charge in [-0.25, -0.2) is 4.68 Å². The number of aromatic nitrogens is 4. The molecule has 3 rings (SSSR count). The van der Waals surface area contributed by atoms with Gasteiger partial charge in [-0.05, 0) is 23.8 Å². The third-order valence-corrected chi connectivity index (χ3v) is 4.54. The van der Waals surface area contributed by atoms with Crippen LogP contribution in [0.25, 0.3) is 5.69 Å². The summed E-state index contributed by atoms with van der Waals surface area (Å²) in [6.45, 7) is 3.99. The van der Waals surface area contributed by atoms with Crippen LogP contribution in [0.1, 0.15) is 37.0 Å². The third kappa shape index (κ3) is 3.92. The number of rotatable bonds is 6. The van der Waals surface area contributed by atoms with E-state index in [1.165, 1.54) is 0 Å². The maximum atomic E-state index is 12.2. The number of hydrogen-bond acceptors (Lipinski definition) is 5. The summed E-state index contributed by atoms with van der Waals surface area (Å²) in [5.41, 5.74) is 1.98. The highest BCUT2D eigenvalue weighted by Crippen LogP contribution is 2.14. The fourth-order valence-corrected chi connectivity index (χ4v) is 3.16. The lowest BCUT2D eigenvalue weighted by atomic mass is 10.2. The average Bonchev–Trinajstić information content (AvgIpc) is 3.19. The van der Waals surface area contributed by atoms with Crippen LogP contribution in [0, 0.1) is 0 Å². The van der Waals surface area contributed by atoms with Gasteiger partial charge in [0.15, 0.2) is 5.82 Å². The molecule has 0 bridgehead atoms. The standard InChI is InChI=1S/C16H18N4O2S/c1-12(2)16-18-15(22-19-16)11-23(21)10-13-4-6-14(7-5-13)20-9-3-8-17-20/h3-9,12H,10-11H2,1-2H3/t23-/m0/s1. The Hall–Kier alpha value is -2.28. The molecule has 23 heavy (non-hydrogen) atoms. The molecule has 1 atom stereocenters. The zero-order chi connectivity index (χ0) is 16.2. The molecule has 2 heterocycles. The second kappa shape index (κ2) is 6.87. The monoisotopic (exact) mass is 330 g/mol. The van der Waals surface area contributed by atoms with Crippen LogP contribution in [0.4, 0.5) is 0 Å². The van der Waals surface area contributed by atoms with Gasteiger partial charge >= 0.3 is 0 Å². The molecule has 6 nitrogen and oxygen atoms in total. The second-order valence-electron chi connectivity index (χ2n) is 5.55. The van der Waals surface area contributed by atoms with Crippen LogP contribution >= 0.6 is 0 Å². The van der Waals surface area contributed by atoms with Crippen LogP contribution in [0.15, 0.2) is 47.2 Å². The van der Waals surface area contributed by atoms with Crippen molar-refractivity contribution < 1.29 is 8.73 Å². The van der Waals surface area contributed by atoms with Gasteiger partial charge in [0.05, 0.1) is 5.69 Å². The van der Waals surface area contributed by atoms with E-state index >= 15 is 0 Å². The van der Waals surface area contributed by atoms with E-state index in [1.807, 2.05) is 50.4 Å². The summed E-state index contributed by atoms with van der Waals surface area (Å²) >= 11 is 0. The molecule has 0 aliphatic carbocycles. The Morgan fingerprint density at radius 3 is 2.61 bits per heavy atom. The topological polar surface area (TPSA) is 73.8 Å². The van der Waals surface area contributed by atoms with Gasteiger partial charge in [0, 0.05) is 34.9 Å². The summed E-state index contributed by atoms with van der Waals surface area (Å²) in [5.74, 6) is 2.02. The van der Waals surface area contributed by atoms with Gasteiger partial charge in [0.2, 0.25) is 5.89 Å². The summed E-state index contributed by atoms with van der Waals surface area (Å²) in [4.78, 5) is 4.26. The molecule has 3 aromatic rings. The molecule has 0 spiro atoms. The Labute approximate surface area is 137 Å². The average molecular weight is 330 g/mol. The van der Waals surface area contributed by atoms with Gasteiger partial charge in [-0.2, -0.15) is 10.1 Å². The van der Waals surface area contributed by atoms with Crippen molar-refractivity contribution in [3.05, 3.63) is 60.0 Å². The van der Waals surface area contributed by atoms with Crippen molar-refractivity contribution >= 4 is 10.8 Å². The highest BCUT2D eigenvalue weighted by Gasteiger charge is 2.12. The number of hydrogen-bond donors (Lipinski definition) is 0. The molecule has 0 aliphatic rings. The normalized spacial score (nSPS) is 12.7. The third-order valence-electron chi connectivity index (χ3n) is 3.32. The fourth-order valence-electron chi connectivity index (χ4n) is 2.10. The maximum absolute atomic E-state index is 12.2. The van der Waals surface area contributed by atoms with Crippen molar-refractivity contribution in [1.29, 1.82) is 0 Å². The van der Waals surface area contributed by atoms with Gasteiger partial charge in [-0.3, -0.25) is 4.21 Å². The molecule has 0 aliphatic heterocycles. The first-order valence-electron chi connectivity index (χ1n) is 7.38. The lowest BCUT2D eigenvalue weighted by Crippen LogP contribution is -2.01. The van der Waals surface area contributed by atoms with E-state index in [-0.39, 0.29) is 11.7 Å². The molecule has 1 aromatic carbocycles. The summed E-state index contributed by atoms with van der Waals surface area (Å²) in [7, 11) is -1.08. The Bertz CT molecular complexity index is 779. The SMILES string of the molecule is CC(C)c1noc(C[S@@](=O)Cc2ccc(-n3cccn3)cc2)n1. The molecule has 2 aromatic heterocycles. The minimum atomic E-state index is -1.08. The van der Waals surface area contributed by atoms with Crippen molar-refractivity contribution in [3.63, 3.8) is 0 Å². The Kier molecular flexibility index (Phi) is 4.66. The van der Waals surface area contributed by atoms with Crippen LogP contribution in [0.5, 0.6) is 0 Å². The molecule has 0 N–H and O–H groups in total. The Morgan fingerprint density at radius 2 is 2.00 bits per heavy atom. The molecular weight excluding hydrogens is 312 g/mol. The van der Waals surface area contributed by atoms with Crippen molar-refractivity contribution in [2.45, 2.75) is 31.3 Å². The smallest absolute Gasteiger partial charge is 0.239 e. The van der Waals surface area contributed by atoms with Crippen molar-refractivity contribution in [1.82, 2.24) is 19.9 Å². The number of benzene rings is 1. The van der Waals surface area contributed by atoms with E-state index in [4.69, 9.17) is 4.52 Å². The highest BCUT2D eigenvalue weighted by molar-refractivity contribution is 7.83. The first kappa shape index (κ1) is 15.6. The zero-order valence-electron chi connectivity index (χ0n) is 13.0. The van der Waals surface area contributed by atoms with Crippen molar-refractivity contribution in [2.24, 2.45) is 0 Å². The van der Waals surface area contributed by atoms with Crippen LogP contribution in [0.2, 0.25) is 0 Å². The van der Waals surface area contributed by atoms with Gasteiger partial charge in [-0.1, -0.05) is 31.1 Å². The van der Waals surface area contributed by atoms with Crippen LogP contribution in [0.3, 0.4) is 0 Å². The highest BCUT2D eigenvalue weighted by atomic mass is 32.2. The van der Waals surface area contributed by atoms with Crippen molar-refractivity contribution in [2.75, 3.05) is 0 Å². The van der Waals surface area contributed by atoms with Crippen LogP contribution in [-0.4, -0.2) is 24.1 Å². The van der Waals surface area contributed by atoms with Gasteiger partial charge in [-0.15, -0.1) is 0 Å². The zero-order valence-corrected chi connectivity index (χ0v) is 13.9. The van der Waals surface area contributed by atoms with E-state index in [0.717, 1.165) is 11.3 Å². The van der Waals surface area contributed by atoms with Crippen LogP contribution in [-0.2, 0) is 22.3 Å². The van der Waals surface area contributed by atoms with E-state index in [9.17, 15) is 4.21 Å². The predicted molar refractivity (Wildman–Crippen MR) is 87.5 cm³/mol. The Morgan fingerprint density at radius 1 is 1.22 bits per heavy atom. The molecule has 0 saturated carbocycles. The lowest BCUT2D eigenvalue weighted by Gasteiger charge is -2.04.